The van der Waals surface area contributed by atoms with Gasteiger partial charge in [-0.25, -0.2) is 4.98 Å². The second kappa shape index (κ2) is 4.09. The van der Waals surface area contributed by atoms with Gasteiger partial charge < -0.3 is 10.4 Å². The molecule has 0 amide bonds. The molecule has 0 aliphatic rings. The first-order valence-corrected chi connectivity index (χ1v) is 4.08. The highest BCUT2D eigenvalue weighted by Crippen LogP contribution is 2.10. The third-order valence-corrected chi connectivity index (χ3v) is 1.69. The molecule has 0 saturated heterocycles. The van der Waals surface area contributed by atoms with Crippen molar-refractivity contribution < 1.29 is 9.90 Å². The number of nitrogens with zero attached hydrogens (tertiary/aromatic N) is 1. The Kier molecular flexibility index (Phi) is 3.08. The highest BCUT2D eigenvalue weighted by molar-refractivity contribution is 6.30. The van der Waals surface area contributed by atoms with E-state index in [0.29, 0.717) is 10.8 Å². The molecule has 1 rings (SSSR count). The third-order valence-electron chi connectivity index (χ3n) is 1.46. The second-order valence-electron chi connectivity index (χ2n) is 2.57. The molecule has 0 aliphatic carbocycles. The molecule has 0 unspecified atom stereocenters. The van der Waals surface area contributed by atoms with Gasteiger partial charge >= 0.3 is 5.97 Å². The molecule has 4 nitrogen and oxygen atoms in total. The van der Waals surface area contributed by atoms with Gasteiger partial charge in [0.2, 0.25) is 0 Å². The van der Waals surface area contributed by atoms with Gasteiger partial charge in [0.05, 0.1) is 5.02 Å². The lowest BCUT2D eigenvalue weighted by Crippen LogP contribution is -2.25. The van der Waals surface area contributed by atoms with E-state index in [4.69, 9.17) is 16.7 Å². The van der Waals surface area contributed by atoms with Gasteiger partial charge in [0, 0.05) is 6.20 Å². The average Bonchev–Trinajstić information content (AvgIpc) is 2.08. The van der Waals surface area contributed by atoms with E-state index >= 15 is 0 Å². The van der Waals surface area contributed by atoms with E-state index in [1.165, 1.54) is 6.20 Å². The number of rotatable bonds is 3. The molecule has 0 bridgehead atoms. The summed E-state index contributed by atoms with van der Waals surface area (Å²) in [5.74, 6) is -0.420. The van der Waals surface area contributed by atoms with Gasteiger partial charge in [0.15, 0.2) is 0 Å². The van der Waals surface area contributed by atoms with Gasteiger partial charge in [-0.1, -0.05) is 11.6 Å². The highest BCUT2D eigenvalue weighted by atomic mass is 35.5. The summed E-state index contributed by atoms with van der Waals surface area (Å²) < 4.78 is 0. The Labute approximate surface area is 80.6 Å². The fraction of sp³-hybridized carbons (Fsp3) is 0.250. The van der Waals surface area contributed by atoms with Gasteiger partial charge in [-0.2, -0.15) is 0 Å². The first kappa shape index (κ1) is 9.80. The number of aromatic nitrogens is 1. The maximum absolute atomic E-state index is 10.5. The summed E-state index contributed by atoms with van der Waals surface area (Å²) in [5, 5.41) is 11.8. The van der Waals surface area contributed by atoms with Crippen LogP contribution in [0.4, 0.5) is 5.82 Å². The minimum Gasteiger partial charge on any atom is -0.480 e. The number of nitrogens with one attached hydrogen (secondary N) is 1. The quantitative estimate of drug-likeness (QED) is 0.779. The second-order valence-corrected chi connectivity index (χ2v) is 3.00. The van der Waals surface area contributed by atoms with Crippen LogP contribution in [0.1, 0.15) is 6.92 Å². The van der Waals surface area contributed by atoms with Gasteiger partial charge in [0.25, 0.3) is 0 Å². The normalized spacial score (nSPS) is 12.2. The maximum Gasteiger partial charge on any atom is 0.325 e. The molecule has 13 heavy (non-hydrogen) atoms. The summed E-state index contributed by atoms with van der Waals surface area (Å²) in [7, 11) is 0. The van der Waals surface area contributed by atoms with Crippen molar-refractivity contribution in [3.8, 4) is 0 Å². The lowest BCUT2D eigenvalue weighted by molar-refractivity contribution is -0.137. The van der Waals surface area contributed by atoms with E-state index in [9.17, 15) is 4.79 Å². The molecule has 1 aromatic heterocycles. The zero-order valence-corrected chi connectivity index (χ0v) is 7.75. The summed E-state index contributed by atoms with van der Waals surface area (Å²) in [6.07, 6.45) is 1.46. The number of halogens is 1. The smallest absolute Gasteiger partial charge is 0.325 e. The SMILES string of the molecule is C[C@@H](Nc1ccc(Cl)cn1)C(=O)O. The number of pyridine rings is 1. The number of carboxylic acid groups (broad SMARTS) is 1. The molecule has 70 valence electrons. The van der Waals surface area contributed by atoms with Gasteiger partial charge in [-0.05, 0) is 19.1 Å². The van der Waals surface area contributed by atoms with E-state index in [1.807, 2.05) is 0 Å². The van der Waals surface area contributed by atoms with Crippen molar-refractivity contribution in [3.63, 3.8) is 0 Å². The van der Waals surface area contributed by atoms with Crippen LogP contribution in [-0.4, -0.2) is 22.1 Å². The lowest BCUT2D eigenvalue weighted by Gasteiger charge is -2.08. The van der Waals surface area contributed by atoms with Crippen LogP contribution >= 0.6 is 11.6 Å². The molecule has 1 atom stereocenters. The maximum atomic E-state index is 10.5. The summed E-state index contributed by atoms with van der Waals surface area (Å²) in [6.45, 7) is 1.54. The predicted molar refractivity (Wildman–Crippen MR) is 50.0 cm³/mol. The summed E-state index contributed by atoms with van der Waals surface area (Å²) in [6, 6.07) is 2.61. The van der Waals surface area contributed by atoms with Crippen LogP contribution in [0.2, 0.25) is 5.02 Å². The summed E-state index contributed by atoms with van der Waals surface area (Å²) in [4.78, 5) is 14.3. The van der Waals surface area contributed by atoms with Crippen LogP contribution in [0.5, 0.6) is 0 Å². The molecule has 2 N–H and O–H groups in total. The summed E-state index contributed by atoms with van der Waals surface area (Å²) in [5.41, 5.74) is 0. The van der Waals surface area contributed by atoms with Crippen molar-refractivity contribution in [1.82, 2.24) is 4.98 Å². The van der Waals surface area contributed by atoms with E-state index < -0.39 is 12.0 Å². The van der Waals surface area contributed by atoms with Crippen molar-refractivity contribution in [2.75, 3.05) is 5.32 Å². The molecule has 1 aromatic rings. The topological polar surface area (TPSA) is 62.2 Å². The standard InChI is InChI=1S/C8H9ClN2O2/c1-5(8(12)13)11-7-3-2-6(9)4-10-7/h2-5H,1H3,(H,10,11)(H,12,13)/t5-/m1/s1. The average molecular weight is 201 g/mol. The van der Waals surface area contributed by atoms with Crippen LogP contribution in [0, 0.1) is 0 Å². The fourth-order valence-corrected chi connectivity index (χ4v) is 0.857. The molecule has 5 heteroatoms. The highest BCUT2D eigenvalue weighted by Gasteiger charge is 2.09. The zero-order valence-electron chi connectivity index (χ0n) is 6.99. The zero-order chi connectivity index (χ0) is 9.84. The Balaban J connectivity index is 2.64. The third kappa shape index (κ3) is 2.91. The molecule has 0 saturated carbocycles. The van der Waals surface area contributed by atoms with Gasteiger partial charge in [0.1, 0.15) is 11.9 Å². The van der Waals surface area contributed by atoms with Gasteiger partial charge in [-0.15, -0.1) is 0 Å². The molecule has 0 spiro atoms. The Morgan fingerprint density at radius 3 is 2.85 bits per heavy atom. The lowest BCUT2D eigenvalue weighted by atomic mass is 10.3. The van der Waals surface area contributed by atoms with E-state index in [2.05, 4.69) is 10.3 Å². The molecular weight excluding hydrogens is 192 g/mol. The van der Waals surface area contributed by atoms with E-state index in [1.54, 1.807) is 19.1 Å². The largest absolute Gasteiger partial charge is 0.480 e. The minimum atomic E-state index is -0.920. The Morgan fingerprint density at radius 1 is 1.69 bits per heavy atom. The molecule has 0 aromatic carbocycles. The van der Waals surface area contributed by atoms with Crippen molar-refractivity contribution in [3.05, 3.63) is 23.4 Å². The Hall–Kier alpha value is -1.29. The predicted octanol–water partition coefficient (Wildman–Crippen LogP) is 1.62. The molecule has 0 radical (unpaired) electrons. The fourth-order valence-electron chi connectivity index (χ4n) is 0.745. The van der Waals surface area contributed by atoms with Crippen LogP contribution in [0.15, 0.2) is 18.3 Å². The van der Waals surface area contributed by atoms with Gasteiger partial charge in [-0.3, -0.25) is 4.79 Å². The first-order valence-electron chi connectivity index (χ1n) is 3.70. The van der Waals surface area contributed by atoms with Crippen LogP contribution in [0.3, 0.4) is 0 Å². The minimum absolute atomic E-state index is 0.499. The number of hydrogen-bond donors (Lipinski definition) is 2. The monoisotopic (exact) mass is 200 g/mol. The van der Waals surface area contributed by atoms with Crippen LogP contribution < -0.4 is 5.32 Å². The van der Waals surface area contributed by atoms with E-state index in [0.717, 1.165) is 0 Å². The Bertz CT molecular complexity index is 300. The van der Waals surface area contributed by atoms with Crippen molar-refractivity contribution in [1.29, 1.82) is 0 Å². The number of carboxylic acids is 1. The molecule has 1 heterocycles. The summed E-state index contributed by atoms with van der Waals surface area (Å²) >= 11 is 5.60. The van der Waals surface area contributed by atoms with Crippen LogP contribution in [0.25, 0.3) is 0 Å². The van der Waals surface area contributed by atoms with Crippen molar-refractivity contribution in [2.24, 2.45) is 0 Å². The van der Waals surface area contributed by atoms with Crippen LogP contribution in [-0.2, 0) is 4.79 Å². The number of carbonyl (C=O) groups is 1. The van der Waals surface area contributed by atoms with Crippen molar-refractivity contribution >= 4 is 23.4 Å². The number of hydrogen-bond acceptors (Lipinski definition) is 3. The number of anilines is 1. The Morgan fingerprint density at radius 2 is 2.38 bits per heavy atom. The molecule has 0 fully saturated rings. The first-order chi connectivity index (χ1) is 6.09. The van der Waals surface area contributed by atoms with Crippen molar-refractivity contribution in [2.45, 2.75) is 13.0 Å². The van der Waals surface area contributed by atoms with E-state index in [-0.39, 0.29) is 0 Å². The number of aliphatic carboxylic acids is 1. The molecule has 0 aliphatic heterocycles. The molecular formula is C8H9ClN2O2.